The number of hydrogen-bond acceptors (Lipinski definition) is 3. The third kappa shape index (κ3) is 3.68. The van der Waals surface area contributed by atoms with E-state index in [1.165, 1.54) is 10.4 Å². The van der Waals surface area contributed by atoms with E-state index in [9.17, 15) is 4.79 Å². The Bertz CT molecular complexity index is 577. The molecule has 0 aliphatic rings. The Morgan fingerprint density at radius 3 is 2.75 bits per heavy atom. The number of carbonyl (C=O) groups excluding carboxylic acids is 1. The predicted octanol–water partition coefficient (Wildman–Crippen LogP) is 2.75. The van der Waals surface area contributed by atoms with Crippen molar-refractivity contribution in [3.8, 4) is 0 Å². The number of likely N-dealkylation sites (N-methyl/N-ethyl adjacent to an activating group) is 1. The second-order valence-electron chi connectivity index (χ2n) is 4.72. The van der Waals surface area contributed by atoms with Gasteiger partial charge in [-0.25, -0.2) is 0 Å². The van der Waals surface area contributed by atoms with E-state index in [-0.39, 0.29) is 5.91 Å². The standard InChI is InChI=1S/C16H20N2OS/c1-12-8-10-20-15(12)11-18-16(19)14-6-4-3-5-13(14)7-9-17-2/h3-6,8,10,17H,7,9,11H2,1-2H3,(H,18,19). The summed E-state index contributed by atoms with van der Waals surface area (Å²) in [6, 6.07) is 9.87. The largest absolute Gasteiger partial charge is 0.347 e. The van der Waals surface area contributed by atoms with Crippen molar-refractivity contribution >= 4 is 17.2 Å². The molecule has 0 aliphatic heterocycles. The number of nitrogens with one attached hydrogen (secondary N) is 2. The van der Waals surface area contributed by atoms with Crippen molar-refractivity contribution in [1.82, 2.24) is 10.6 Å². The van der Waals surface area contributed by atoms with Crippen LogP contribution in [0.1, 0.15) is 26.4 Å². The second kappa shape index (κ2) is 7.22. The molecular weight excluding hydrogens is 268 g/mol. The summed E-state index contributed by atoms with van der Waals surface area (Å²) in [5.74, 6) is 0.00417. The molecule has 0 fully saturated rings. The smallest absolute Gasteiger partial charge is 0.251 e. The predicted molar refractivity (Wildman–Crippen MR) is 84.3 cm³/mol. The maximum Gasteiger partial charge on any atom is 0.251 e. The molecule has 4 heteroatoms. The van der Waals surface area contributed by atoms with Crippen LogP contribution in [0.15, 0.2) is 35.7 Å². The molecule has 1 amide bonds. The first-order chi connectivity index (χ1) is 9.72. The van der Waals surface area contributed by atoms with Gasteiger partial charge in [-0.3, -0.25) is 4.79 Å². The molecule has 20 heavy (non-hydrogen) atoms. The molecule has 1 aromatic heterocycles. The number of carbonyl (C=O) groups is 1. The number of thiophene rings is 1. The Kier molecular flexibility index (Phi) is 5.32. The zero-order valence-electron chi connectivity index (χ0n) is 11.9. The number of rotatable bonds is 6. The maximum atomic E-state index is 12.3. The fourth-order valence-corrected chi connectivity index (χ4v) is 2.91. The zero-order valence-corrected chi connectivity index (χ0v) is 12.7. The summed E-state index contributed by atoms with van der Waals surface area (Å²) < 4.78 is 0. The third-order valence-electron chi connectivity index (χ3n) is 3.28. The van der Waals surface area contributed by atoms with Crippen LogP contribution in [0.25, 0.3) is 0 Å². The summed E-state index contributed by atoms with van der Waals surface area (Å²) in [6.07, 6.45) is 0.859. The first-order valence-corrected chi connectivity index (χ1v) is 7.64. The van der Waals surface area contributed by atoms with Crippen LogP contribution < -0.4 is 10.6 Å². The molecule has 3 nitrogen and oxygen atoms in total. The van der Waals surface area contributed by atoms with Crippen molar-refractivity contribution in [3.05, 3.63) is 57.3 Å². The van der Waals surface area contributed by atoms with Gasteiger partial charge in [-0.15, -0.1) is 11.3 Å². The van der Waals surface area contributed by atoms with Gasteiger partial charge in [0.15, 0.2) is 0 Å². The van der Waals surface area contributed by atoms with Gasteiger partial charge in [0.25, 0.3) is 5.91 Å². The molecule has 0 saturated carbocycles. The monoisotopic (exact) mass is 288 g/mol. The Balaban J connectivity index is 2.03. The minimum absolute atomic E-state index is 0.00417. The van der Waals surface area contributed by atoms with Gasteiger partial charge in [0.2, 0.25) is 0 Å². The summed E-state index contributed by atoms with van der Waals surface area (Å²) in [5.41, 5.74) is 3.10. The van der Waals surface area contributed by atoms with E-state index in [1.807, 2.05) is 31.3 Å². The first kappa shape index (κ1) is 14.8. The van der Waals surface area contributed by atoms with Gasteiger partial charge in [0.1, 0.15) is 0 Å². The first-order valence-electron chi connectivity index (χ1n) is 6.76. The lowest BCUT2D eigenvalue weighted by molar-refractivity contribution is 0.0950. The fraction of sp³-hybridized carbons (Fsp3) is 0.312. The molecule has 2 rings (SSSR count). The van der Waals surface area contributed by atoms with Crippen molar-refractivity contribution in [2.24, 2.45) is 0 Å². The Morgan fingerprint density at radius 1 is 1.25 bits per heavy atom. The molecule has 0 radical (unpaired) electrons. The van der Waals surface area contributed by atoms with Gasteiger partial charge in [0.05, 0.1) is 6.54 Å². The van der Waals surface area contributed by atoms with Gasteiger partial charge >= 0.3 is 0 Å². The molecular formula is C16H20N2OS. The van der Waals surface area contributed by atoms with Crippen molar-refractivity contribution in [2.75, 3.05) is 13.6 Å². The maximum absolute atomic E-state index is 12.3. The highest BCUT2D eigenvalue weighted by molar-refractivity contribution is 7.10. The summed E-state index contributed by atoms with van der Waals surface area (Å²) >= 11 is 1.68. The van der Waals surface area contributed by atoms with Crippen molar-refractivity contribution in [2.45, 2.75) is 19.9 Å². The molecule has 1 aromatic carbocycles. The van der Waals surface area contributed by atoms with Gasteiger partial charge < -0.3 is 10.6 Å². The normalized spacial score (nSPS) is 10.5. The molecule has 0 bridgehead atoms. The molecule has 0 unspecified atom stereocenters. The molecule has 2 N–H and O–H groups in total. The Morgan fingerprint density at radius 2 is 2.05 bits per heavy atom. The minimum Gasteiger partial charge on any atom is -0.347 e. The van der Waals surface area contributed by atoms with Crippen LogP contribution >= 0.6 is 11.3 Å². The van der Waals surface area contributed by atoms with Crippen LogP contribution in [0.5, 0.6) is 0 Å². The van der Waals surface area contributed by atoms with Gasteiger partial charge in [-0.05, 0) is 55.6 Å². The minimum atomic E-state index is 0.00417. The van der Waals surface area contributed by atoms with Crippen LogP contribution in [-0.2, 0) is 13.0 Å². The number of amides is 1. The van der Waals surface area contributed by atoms with Crippen molar-refractivity contribution in [1.29, 1.82) is 0 Å². The van der Waals surface area contributed by atoms with E-state index in [4.69, 9.17) is 0 Å². The summed E-state index contributed by atoms with van der Waals surface area (Å²) in [4.78, 5) is 13.5. The Hall–Kier alpha value is -1.65. The van der Waals surface area contributed by atoms with Crippen LogP contribution in [0.4, 0.5) is 0 Å². The number of hydrogen-bond donors (Lipinski definition) is 2. The van der Waals surface area contributed by atoms with E-state index < -0.39 is 0 Å². The van der Waals surface area contributed by atoms with Crippen molar-refractivity contribution in [3.63, 3.8) is 0 Å². The van der Waals surface area contributed by atoms with E-state index in [1.54, 1.807) is 11.3 Å². The molecule has 0 atom stereocenters. The van der Waals surface area contributed by atoms with E-state index >= 15 is 0 Å². The SMILES string of the molecule is CNCCc1ccccc1C(=O)NCc1sccc1C. The van der Waals surface area contributed by atoms with E-state index in [0.29, 0.717) is 6.54 Å². The lowest BCUT2D eigenvalue weighted by atomic mass is 10.0. The highest BCUT2D eigenvalue weighted by Gasteiger charge is 2.10. The van der Waals surface area contributed by atoms with Crippen LogP contribution in [0.3, 0.4) is 0 Å². The quantitative estimate of drug-likeness (QED) is 0.858. The van der Waals surface area contributed by atoms with Crippen LogP contribution in [0.2, 0.25) is 0 Å². The topological polar surface area (TPSA) is 41.1 Å². The molecule has 2 aromatic rings. The lowest BCUT2D eigenvalue weighted by Crippen LogP contribution is -2.24. The third-order valence-corrected chi connectivity index (χ3v) is 4.31. The summed E-state index contributed by atoms with van der Waals surface area (Å²) in [5, 5.41) is 8.18. The molecule has 0 aliphatic carbocycles. The molecule has 0 saturated heterocycles. The average Bonchev–Trinajstić information content (AvgIpc) is 2.88. The zero-order chi connectivity index (χ0) is 14.4. The molecule has 106 valence electrons. The number of benzene rings is 1. The van der Waals surface area contributed by atoms with Gasteiger partial charge in [-0.2, -0.15) is 0 Å². The fourth-order valence-electron chi connectivity index (χ4n) is 2.06. The second-order valence-corrected chi connectivity index (χ2v) is 5.72. The highest BCUT2D eigenvalue weighted by Crippen LogP contribution is 2.15. The van der Waals surface area contributed by atoms with E-state index in [2.05, 4.69) is 29.0 Å². The van der Waals surface area contributed by atoms with E-state index in [0.717, 1.165) is 24.1 Å². The van der Waals surface area contributed by atoms with Crippen molar-refractivity contribution < 1.29 is 4.79 Å². The Labute approximate surface area is 124 Å². The average molecular weight is 288 g/mol. The van der Waals surface area contributed by atoms with Gasteiger partial charge in [-0.1, -0.05) is 18.2 Å². The van der Waals surface area contributed by atoms with Crippen LogP contribution in [0, 0.1) is 6.92 Å². The summed E-state index contributed by atoms with van der Waals surface area (Å²) in [7, 11) is 1.92. The number of aryl methyl sites for hydroxylation is 1. The molecule has 1 heterocycles. The molecule has 0 spiro atoms. The summed E-state index contributed by atoms with van der Waals surface area (Å²) in [6.45, 7) is 3.54. The van der Waals surface area contributed by atoms with Gasteiger partial charge in [0, 0.05) is 10.4 Å². The van der Waals surface area contributed by atoms with Crippen LogP contribution in [-0.4, -0.2) is 19.5 Å². The lowest BCUT2D eigenvalue weighted by Gasteiger charge is -2.10. The highest BCUT2D eigenvalue weighted by atomic mass is 32.1.